The van der Waals surface area contributed by atoms with Crippen molar-refractivity contribution < 1.29 is 9.53 Å². The van der Waals surface area contributed by atoms with E-state index in [1.807, 2.05) is 42.5 Å². The molecule has 2 rings (SSSR count). The average Bonchev–Trinajstić information content (AvgIpc) is 2.54. The highest BCUT2D eigenvalue weighted by Gasteiger charge is 2.00. The lowest BCUT2D eigenvalue weighted by atomic mass is 10.2. The molecule has 4 nitrogen and oxygen atoms in total. The molecule has 0 aliphatic rings. The van der Waals surface area contributed by atoms with Gasteiger partial charge in [-0.2, -0.15) is 0 Å². The molecular formula is C17H17ClN2O2. The van der Waals surface area contributed by atoms with Gasteiger partial charge >= 0.3 is 6.09 Å². The van der Waals surface area contributed by atoms with E-state index in [0.29, 0.717) is 18.0 Å². The first-order valence-corrected chi connectivity index (χ1v) is 7.34. The molecule has 0 aliphatic heterocycles. The Kier molecular flexibility index (Phi) is 6.45. The molecule has 0 spiro atoms. The van der Waals surface area contributed by atoms with E-state index in [0.717, 1.165) is 11.3 Å². The molecule has 1 amide bonds. The van der Waals surface area contributed by atoms with E-state index < -0.39 is 6.09 Å². The first-order chi connectivity index (χ1) is 10.7. The zero-order chi connectivity index (χ0) is 15.6. The number of hydrogen-bond donors (Lipinski definition) is 1. The second-order valence-electron chi connectivity index (χ2n) is 4.58. The number of aromatic nitrogens is 1. The fourth-order valence-electron chi connectivity index (χ4n) is 1.75. The van der Waals surface area contributed by atoms with Crippen LogP contribution in [0.15, 0.2) is 54.7 Å². The highest BCUT2D eigenvalue weighted by atomic mass is 35.5. The number of hydrogen-bond acceptors (Lipinski definition) is 3. The van der Waals surface area contributed by atoms with Gasteiger partial charge in [-0.15, -0.1) is 0 Å². The SMILES string of the molecule is O=C(NCCC=Cc1cc(Cl)ccn1)OCc1ccccc1. The summed E-state index contributed by atoms with van der Waals surface area (Å²) in [6.45, 7) is 0.777. The van der Waals surface area contributed by atoms with Gasteiger partial charge in [-0.3, -0.25) is 4.98 Å². The standard InChI is InChI=1S/C17H17ClN2O2/c18-15-9-11-19-16(12-15)8-4-5-10-20-17(21)22-13-14-6-2-1-3-7-14/h1-4,6-9,11-12H,5,10,13H2,(H,20,21). The molecule has 0 saturated carbocycles. The number of nitrogens with zero attached hydrogens (tertiary/aromatic N) is 1. The van der Waals surface area contributed by atoms with Crippen molar-refractivity contribution in [2.24, 2.45) is 0 Å². The molecular weight excluding hydrogens is 300 g/mol. The van der Waals surface area contributed by atoms with Gasteiger partial charge in [0.25, 0.3) is 0 Å². The zero-order valence-corrected chi connectivity index (χ0v) is 12.8. The van der Waals surface area contributed by atoms with Gasteiger partial charge in [-0.05, 0) is 30.2 Å². The molecule has 2 aromatic rings. The fourth-order valence-corrected chi connectivity index (χ4v) is 1.92. The van der Waals surface area contributed by atoms with E-state index in [2.05, 4.69) is 10.3 Å². The Morgan fingerprint density at radius 3 is 2.86 bits per heavy atom. The van der Waals surface area contributed by atoms with Gasteiger partial charge in [0.1, 0.15) is 6.61 Å². The number of halogens is 1. The average molecular weight is 317 g/mol. The molecule has 0 unspecified atom stereocenters. The van der Waals surface area contributed by atoms with Gasteiger partial charge in [0, 0.05) is 17.8 Å². The minimum absolute atomic E-state index is 0.273. The van der Waals surface area contributed by atoms with Crippen molar-refractivity contribution in [1.82, 2.24) is 10.3 Å². The van der Waals surface area contributed by atoms with E-state index in [1.165, 1.54) is 0 Å². The third-order valence-electron chi connectivity index (χ3n) is 2.82. The maximum atomic E-state index is 11.5. The zero-order valence-electron chi connectivity index (χ0n) is 12.0. The Hall–Kier alpha value is -2.33. The third kappa shape index (κ3) is 5.97. The maximum Gasteiger partial charge on any atom is 0.407 e. The molecule has 114 valence electrons. The van der Waals surface area contributed by atoms with Gasteiger partial charge in [0.15, 0.2) is 0 Å². The van der Waals surface area contributed by atoms with Gasteiger partial charge in [0.05, 0.1) is 5.69 Å². The van der Waals surface area contributed by atoms with Gasteiger partial charge in [0.2, 0.25) is 0 Å². The molecule has 0 atom stereocenters. The van der Waals surface area contributed by atoms with Crippen molar-refractivity contribution >= 4 is 23.8 Å². The summed E-state index contributed by atoms with van der Waals surface area (Å²) in [5.74, 6) is 0. The minimum atomic E-state index is -0.418. The van der Waals surface area contributed by atoms with Crippen molar-refractivity contribution in [3.63, 3.8) is 0 Å². The summed E-state index contributed by atoms with van der Waals surface area (Å²) in [4.78, 5) is 15.7. The van der Waals surface area contributed by atoms with Crippen molar-refractivity contribution in [3.05, 3.63) is 71.0 Å². The summed E-state index contributed by atoms with van der Waals surface area (Å²) in [6.07, 6.45) is 5.72. The number of ether oxygens (including phenoxy) is 1. The minimum Gasteiger partial charge on any atom is -0.445 e. The van der Waals surface area contributed by atoms with Crippen LogP contribution in [0.1, 0.15) is 17.7 Å². The molecule has 5 heteroatoms. The predicted octanol–water partition coefficient (Wildman–Crippen LogP) is 4.06. The summed E-state index contributed by atoms with van der Waals surface area (Å²) in [6, 6.07) is 13.1. The Bertz CT molecular complexity index is 630. The predicted molar refractivity (Wildman–Crippen MR) is 87.5 cm³/mol. The van der Waals surface area contributed by atoms with Crippen LogP contribution in [0.4, 0.5) is 4.79 Å². The number of nitrogens with one attached hydrogen (secondary N) is 1. The van der Waals surface area contributed by atoms with Gasteiger partial charge < -0.3 is 10.1 Å². The smallest absolute Gasteiger partial charge is 0.407 e. The van der Waals surface area contributed by atoms with Gasteiger partial charge in [-0.25, -0.2) is 4.79 Å². The largest absolute Gasteiger partial charge is 0.445 e. The van der Waals surface area contributed by atoms with E-state index >= 15 is 0 Å². The highest BCUT2D eigenvalue weighted by Crippen LogP contribution is 2.09. The molecule has 1 aromatic heterocycles. The van der Waals surface area contributed by atoms with Crippen LogP contribution in [0.3, 0.4) is 0 Å². The molecule has 0 saturated heterocycles. The maximum absolute atomic E-state index is 11.5. The Labute approximate surface area is 134 Å². The topological polar surface area (TPSA) is 51.2 Å². The number of amides is 1. The second-order valence-corrected chi connectivity index (χ2v) is 5.01. The number of carbonyl (C=O) groups excluding carboxylic acids is 1. The van der Waals surface area contributed by atoms with Crippen molar-refractivity contribution in [1.29, 1.82) is 0 Å². The van der Waals surface area contributed by atoms with Crippen LogP contribution in [-0.4, -0.2) is 17.6 Å². The molecule has 0 aliphatic carbocycles. The summed E-state index contributed by atoms with van der Waals surface area (Å²) < 4.78 is 5.10. The van der Waals surface area contributed by atoms with E-state index in [-0.39, 0.29) is 6.61 Å². The molecule has 1 N–H and O–H groups in total. The second kappa shape index (κ2) is 8.85. The summed E-state index contributed by atoms with van der Waals surface area (Å²) in [7, 11) is 0. The number of pyridine rings is 1. The molecule has 22 heavy (non-hydrogen) atoms. The Morgan fingerprint density at radius 2 is 2.09 bits per heavy atom. The van der Waals surface area contributed by atoms with Crippen LogP contribution in [0.25, 0.3) is 6.08 Å². The summed E-state index contributed by atoms with van der Waals surface area (Å²) >= 11 is 5.86. The van der Waals surface area contributed by atoms with Crippen LogP contribution in [0.2, 0.25) is 5.02 Å². The van der Waals surface area contributed by atoms with Crippen molar-refractivity contribution in [2.45, 2.75) is 13.0 Å². The lowest BCUT2D eigenvalue weighted by Crippen LogP contribution is -2.24. The van der Waals surface area contributed by atoms with Crippen LogP contribution in [0, 0.1) is 0 Å². The van der Waals surface area contributed by atoms with E-state index in [1.54, 1.807) is 18.3 Å². The van der Waals surface area contributed by atoms with Crippen LogP contribution >= 0.6 is 11.6 Å². The summed E-state index contributed by atoms with van der Waals surface area (Å²) in [5.41, 5.74) is 1.75. The lowest BCUT2D eigenvalue weighted by Gasteiger charge is -2.05. The van der Waals surface area contributed by atoms with E-state index in [9.17, 15) is 4.79 Å². The first-order valence-electron chi connectivity index (χ1n) is 6.97. The van der Waals surface area contributed by atoms with E-state index in [4.69, 9.17) is 16.3 Å². The van der Waals surface area contributed by atoms with Crippen LogP contribution < -0.4 is 5.32 Å². The van der Waals surface area contributed by atoms with Gasteiger partial charge in [-0.1, -0.05) is 48.0 Å². The molecule has 0 radical (unpaired) electrons. The van der Waals surface area contributed by atoms with Crippen molar-refractivity contribution in [2.75, 3.05) is 6.54 Å². The fraction of sp³-hybridized carbons (Fsp3) is 0.176. The number of alkyl carbamates (subject to hydrolysis) is 1. The number of benzene rings is 1. The number of rotatable bonds is 6. The number of carbonyl (C=O) groups is 1. The highest BCUT2D eigenvalue weighted by molar-refractivity contribution is 6.30. The Morgan fingerprint density at radius 1 is 1.27 bits per heavy atom. The molecule has 0 bridgehead atoms. The monoisotopic (exact) mass is 316 g/mol. The Balaban J connectivity index is 1.63. The quantitative estimate of drug-likeness (QED) is 0.817. The van der Waals surface area contributed by atoms with Crippen LogP contribution in [0.5, 0.6) is 0 Å². The molecule has 0 fully saturated rings. The lowest BCUT2D eigenvalue weighted by molar-refractivity contribution is 0.140. The van der Waals surface area contributed by atoms with Crippen LogP contribution in [-0.2, 0) is 11.3 Å². The third-order valence-corrected chi connectivity index (χ3v) is 3.06. The summed E-state index contributed by atoms with van der Waals surface area (Å²) in [5, 5.41) is 3.34. The molecule has 1 heterocycles. The molecule has 1 aromatic carbocycles. The normalized spacial score (nSPS) is 10.6. The first kappa shape index (κ1) is 16.0. The van der Waals surface area contributed by atoms with Crippen molar-refractivity contribution in [3.8, 4) is 0 Å².